The van der Waals surface area contributed by atoms with Gasteiger partial charge in [-0.2, -0.15) is 4.31 Å². The molecule has 0 spiro atoms. The SMILES string of the molecule is COc1ccc(S(=O)(=O)N2CCc3[nH]c4ccccc4c3C2)cc1C. The predicted octanol–water partition coefficient (Wildman–Crippen LogP) is 3.23. The van der Waals surface area contributed by atoms with Crippen molar-refractivity contribution in [1.29, 1.82) is 0 Å². The molecule has 0 aliphatic carbocycles. The number of ether oxygens (including phenoxy) is 1. The zero-order valence-electron chi connectivity index (χ0n) is 14.2. The Morgan fingerprint density at radius 3 is 2.72 bits per heavy atom. The van der Waals surface area contributed by atoms with E-state index in [0.29, 0.717) is 30.2 Å². The van der Waals surface area contributed by atoms with Crippen molar-refractivity contribution >= 4 is 20.9 Å². The summed E-state index contributed by atoms with van der Waals surface area (Å²) in [5.74, 6) is 0.691. The first-order valence-corrected chi connectivity index (χ1v) is 9.68. The van der Waals surface area contributed by atoms with Gasteiger partial charge in [0.1, 0.15) is 5.75 Å². The van der Waals surface area contributed by atoms with Gasteiger partial charge in [0.2, 0.25) is 10.0 Å². The van der Waals surface area contributed by atoms with Gasteiger partial charge < -0.3 is 9.72 Å². The second-order valence-corrected chi connectivity index (χ2v) is 8.29. The summed E-state index contributed by atoms with van der Waals surface area (Å²) < 4.78 is 33.0. The molecule has 0 saturated heterocycles. The molecule has 0 saturated carbocycles. The Morgan fingerprint density at radius 2 is 1.96 bits per heavy atom. The van der Waals surface area contributed by atoms with E-state index in [9.17, 15) is 8.42 Å². The number of methoxy groups -OCH3 is 1. The van der Waals surface area contributed by atoms with Gasteiger partial charge in [0.05, 0.1) is 12.0 Å². The molecule has 4 rings (SSSR count). The molecule has 5 nitrogen and oxygen atoms in total. The number of sulfonamides is 1. The Labute approximate surface area is 147 Å². The third kappa shape index (κ3) is 2.62. The summed E-state index contributed by atoms with van der Waals surface area (Å²) in [7, 11) is -1.95. The molecule has 0 bridgehead atoms. The summed E-state index contributed by atoms with van der Waals surface area (Å²) in [6, 6.07) is 13.0. The maximum atomic E-state index is 13.1. The van der Waals surface area contributed by atoms with E-state index >= 15 is 0 Å². The van der Waals surface area contributed by atoms with E-state index in [2.05, 4.69) is 4.98 Å². The van der Waals surface area contributed by atoms with Crippen LogP contribution in [0.15, 0.2) is 47.4 Å². The Hall–Kier alpha value is -2.31. The van der Waals surface area contributed by atoms with Crippen molar-refractivity contribution in [3.8, 4) is 5.75 Å². The zero-order valence-corrected chi connectivity index (χ0v) is 15.1. The molecule has 0 unspecified atom stereocenters. The van der Waals surface area contributed by atoms with Crippen LogP contribution in [-0.2, 0) is 23.0 Å². The lowest BCUT2D eigenvalue weighted by molar-refractivity contribution is 0.390. The van der Waals surface area contributed by atoms with Gasteiger partial charge in [-0.05, 0) is 42.3 Å². The van der Waals surface area contributed by atoms with Crippen molar-refractivity contribution in [3.05, 3.63) is 59.3 Å². The second kappa shape index (κ2) is 5.89. The average Bonchev–Trinajstić information content (AvgIpc) is 2.99. The van der Waals surface area contributed by atoms with Gasteiger partial charge in [-0.1, -0.05) is 18.2 Å². The van der Waals surface area contributed by atoms with Crippen LogP contribution in [0.5, 0.6) is 5.75 Å². The van der Waals surface area contributed by atoms with E-state index in [1.807, 2.05) is 31.2 Å². The molecule has 0 radical (unpaired) electrons. The number of nitrogens with zero attached hydrogens (tertiary/aromatic N) is 1. The number of hydrogen-bond donors (Lipinski definition) is 1. The quantitative estimate of drug-likeness (QED) is 0.784. The molecule has 1 N–H and O–H groups in total. The van der Waals surface area contributed by atoms with E-state index in [4.69, 9.17) is 4.74 Å². The summed E-state index contributed by atoms with van der Waals surface area (Å²) in [4.78, 5) is 3.73. The number of rotatable bonds is 3. The van der Waals surface area contributed by atoms with Crippen LogP contribution in [0.1, 0.15) is 16.8 Å². The largest absolute Gasteiger partial charge is 0.496 e. The number of nitrogens with one attached hydrogen (secondary N) is 1. The van der Waals surface area contributed by atoms with Crippen LogP contribution in [-0.4, -0.2) is 31.4 Å². The number of aromatic amines is 1. The topological polar surface area (TPSA) is 62.4 Å². The minimum atomic E-state index is -3.53. The van der Waals surface area contributed by atoms with Gasteiger partial charge in [0.15, 0.2) is 0 Å². The molecule has 1 aliphatic rings. The number of H-pyrrole nitrogens is 1. The summed E-state index contributed by atoms with van der Waals surface area (Å²) in [5, 5.41) is 1.10. The number of para-hydroxylation sites is 1. The minimum Gasteiger partial charge on any atom is -0.496 e. The first-order chi connectivity index (χ1) is 12.0. The van der Waals surface area contributed by atoms with Gasteiger partial charge in [-0.3, -0.25) is 0 Å². The van der Waals surface area contributed by atoms with Crippen LogP contribution in [0.3, 0.4) is 0 Å². The van der Waals surface area contributed by atoms with Crippen molar-refractivity contribution < 1.29 is 13.2 Å². The lowest BCUT2D eigenvalue weighted by Gasteiger charge is -2.26. The van der Waals surface area contributed by atoms with Crippen molar-refractivity contribution in [2.24, 2.45) is 0 Å². The molecule has 1 aromatic heterocycles. The number of aryl methyl sites for hydroxylation is 1. The molecule has 130 valence electrons. The van der Waals surface area contributed by atoms with Gasteiger partial charge in [-0.25, -0.2) is 8.42 Å². The molecule has 0 atom stereocenters. The summed E-state index contributed by atoms with van der Waals surface area (Å²) >= 11 is 0. The third-order valence-corrected chi connectivity index (χ3v) is 6.69. The molecule has 0 amide bonds. The molecule has 2 heterocycles. The molecule has 2 aromatic carbocycles. The number of hydrogen-bond acceptors (Lipinski definition) is 3. The summed E-state index contributed by atoms with van der Waals surface area (Å²) in [5.41, 5.74) is 4.09. The van der Waals surface area contributed by atoms with Crippen molar-refractivity contribution in [3.63, 3.8) is 0 Å². The van der Waals surface area contributed by atoms with E-state index in [0.717, 1.165) is 27.7 Å². The zero-order chi connectivity index (χ0) is 17.6. The smallest absolute Gasteiger partial charge is 0.243 e. The number of benzene rings is 2. The van der Waals surface area contributed by atoms with Crippen molar-refractivity contribution in [2.75, 3.05) is 13.7 Å². The van der Waals surface area contributed by atoms with E-state index in [1.54, 1.807) is 29.6 Å². The van der Waals surface area contributed by atoms with Crippen LogP contribution in [0, 0.1) is 6.92 Å². The van der Waals surface area contributed by atoms with Crippen molar-refractivity contribution in [2.45, 2.75) is 24.8 Å². The lowest BCUT2D eigenvalue weighted by Crippen LogP contribution is -2.35. The Kier molecular flexibility index (Phi) is 3.81. The van der Waals surface area contributed by atoms with Crippen LogP contribution in [0.2, 0.25) is 0 Å². The van der Waals surface area contributed by atoms with E-state index in [-0.39, 0.29) is 0 Å². The Balaban J connectivity index is 1.71. The van der Waals surface area contributed by atoms with E-state index < -0.39 is 10.0 Å². The highest BCUT2D eigenvalue weighted by Crippen LogP contribution is 2.31. The van der Waals surface area contributed by atoms with Crippen LogP contribution in [0.4, 0.5) is 0 Å². The van der Waals surface area contributed by atoms with Crippen LogP contribution < -0.4 is 4.74 Å². The minimum absolute atomic E-state index is 0.314. The van der Waals surface area contributed by atoms with E-state index in [1.165, 1.54) is 0 Å². The first kappa shape index (κ1) is 16.2. The molecular weight excluding hydrogens is 336 g/mol. The lowest BCUT2D eigenvalue weighted by atomic mass is 10.1. The molecule has 25 heavy (non-hydrogen) atoms. The van der Waals surface area contributed by atoms with Gasteiger partial charge in [0, 0.05) is 36.1 Å². The van der Waals surface area contributed by atoms with Gasteiger partial charge >= 0.3 is 0 Å². The third-order valence-electron chi connectivity index (χ3n) is 4.85. The molecule has 1 aliphatic heterocycles. The number of aromatic nitrogens is 1. The Bertz CT molecular complexity index is 1050. The summed E-state index contributed by atoms with van der Waals surface area (Å²) in [6.07, 6.45) is 0.693. The normalized spacial score (nSPS) is 15.3. The highest BCUT2D eigenvalue weighted by Gasteiger charge is 2.30. The maximum Gasteiger partial charge on any atom is 0.243 e. The molecule has 0 fully saturated rings. The average molecular weight is 356 g/mol. The molecule has 6 heteroatoms. The fraction of sp³-hybridized carbons (Fsp3) is 0.263. The predicted molar refractivity (Wildman–Crippen MR) is 97.3 cm³/mol. The summed E-state index contributed by atoms with van der Waals surface area (Å²) in [6.45, 7) is 2.73. The first-order valence-electron chi connectivity index (χ1n) is 8.24. The highest BCUT2D eigenvalue weighted by atomic mass is 32.2. The fourth-order valence-corrected chi connectivity index (χ4v) is 5.00. The highest BCUT2D eigenvalue weighted by molar-refractivity contribution is 7.89. The van der Waals surface area contributed by atoms with Crippen molar-refractivity contribution in [1.82, 2.24) is 9.29 Å². The van der Waals surface area contributed by atoms with Crippen LogP contribution >= 0.6 is 0 Å². The van der Waals surface area contributed by atoms with Gasteiger partial charge in [-0.15, -0.1) is 0 Å². The fourth-order valence-electron chi connectivity index (χ4n) is 3.51. The standard InChI is InChI=1S/C19H20N2O3S/c1-13-11-14(7-8-19(13)24-2)25(22,23)21-10-9-18-16(12-21)15-5-3-4-6-17(15)20-18/h3-8,11,20H,9-10,12H2,1-2H3. The number of fused-ring (bicyclic) bond motifs is 3. The molecular formula is C19H20N2O3S. The van der Waals surface area contributed by atoms with Gasteiger partial charge in [0.25, 0.3) is 0 Å². The Morgan fingerprint density at radius 1 is 1.16 bits per heavy atom. The second-order valence-electron chi connectivity index (χ2n) is 6.35. The molecule has 3 aromatic rings. The maximum absolute atomic E-state index is 13.1. The monoisotopic (exact) mass is 356 g/mol. The van der Waals surface area contributed by atoms with Crippen LogP contribution in [0.25, 0.3) is 10.9 Å².